The van der Waals surface area contributed by atoms with Gasteiger partial charge in [0.15, 0.2) is 0 Å². The maximum absolute atomic E-state index is 13.1. The average molecular weight is 707 g/mol. The molecule has 3 atom stereocenters. The van der Waals surface area contributed by atoms with Crippen molar-refractivity contribution in [1.29, 1.82) is 0 Å². The van der Waals surface area contributed by atoms with E-state index in [0.29, 0.717) is 33.8 Å². The number of alkyl halides is 4. The summed E-state index contributed by atoms with van der Waals surface area (Å²) in [6, 6.07) is 3.07. The second-order valence-corrected chi connectivity index (χ2v) is 14.2. The first-order valence-corrected chi connectivity index (χ1v) is 17.2. The number of rotatable bonds is 12. The van der Waals surface area contributed by atoms with E-state index in [4.69, 9.17) is 0 Å². The quantitative estimate of drug-likeness (QED) is 0.246. The highest BCUT2D eigenvalue weighted by atomic mass is 32.1. The van der Waals surface area contributed by atoms with E-state index in [1.54, 1.807) is 19.2 Å². The number of hydrogen-bond donors (Lipinski definition) is 2. The number of nitrogens with zero attached hydrogens (tertiary/aromatic N) is 8. The number of hydrogen-bond acceptors (Lipinski definition) is 12. The van der Waals surface area contributed by atoms with Gasteiger partial charge in [0.05, 0.1) is 49.7 Å². The lowest BCUT2D eigenvalue weighted by Gasteiger charge is -2.40. The van der Waals surface area contributed by atoms with Crippen molar-refractivity contribution in [2.24, 2.45) is 4.99 Å². The molecule has 48 heavy (non-hydrogen) atoms. The molecule has 256 valence electrons. The van der Waals surface area contributed by atoms with E-state index >= 15 is 0 Å². The standard InChI is InChI=1S/C30H34F4N10O2S2/c1-43(14-23(31)32)21-7-5-19(35-12-21)10-24(45)37-28-41-39-26(47-28)17-3-2-4-18(9-17)27-40-42-29(48-27)38-25(46)11-20-6-8-22(13-36-20)44-15-30(33,34)16-44/h6-8,12-13,17-19,23H,2-5,9-11,14-16H2,1H3,(H,37,41,45)(H,38,42,46). The number of amides is 2. The Balaban J connectivity index is 0.954. The Hall–Kier alpha value is -4.06. The molecule has 12 nitrogen and oxygen atoms in total. The molecule has 2 fully saturated rings. The average Bonchev–Trinajstić information content (AvgIpc) is 3.70. The first-order valence-electron chi connectivity index (χ1n) is 15.6. The summed E-state index contributed by atoms with van der Waals surface area (Å²) in [6.45, 7) is -1.04. The van der Waals surface area contributed by atoms with E-state index in [-0.39, 0.29) is 62.2 Å². The SMILES string of the molecule is CN(CC(F)F)C1=CCC(CC(=O)Nc2nnc(C3CCCC(c4nnc(NC(=O)Cc5ccc(N6CC(F)(F)C6)cn5)s4)C3)s2)N=C1. The van der Waals surface area contributed by atoms with Gasteiger partial charge in [0.2, 0.25) is 22.1 Å². The molecule has 3 aliphatic rings. The molecule has 0 radical (unpaired) electrons. The van der Waals surface area contributed by atoms with Crippen molar-refractivity contribution in [3.63, 3.8) is 0 Å². The molecule has 3 unspecified atom stereocenters. The van der Waals surface area contributed by atoms with E-state index < -0.39 is 12.3 Å². The molecule has 2 amide bonds. The zero-order valence-corrected chi connectivity index (χ0v) is 27.6. The highest BCUT2D eigenvalue weighted by molar-refractivity contribution is 7.15. The van der Waals surface area contributed by atoms with Gasteiger partial charge < -0.3 is 20.4 Å². The lowest BCUT2D eigenvalue weighted by Crippen LogP contribution is -2.56. The van der Waals surface area contributed by atoms with Crippen LogP contribution in [0.4, 0.5) is 33.5 Å². The van der Waals surface area contributed by atoms with E-state index in [1.807, 2.05) is 6.08 Å². The summed E-state index contributed by atoms with van der Waals surface area (Å²) >= 11 is 2.68. The lowest BCUT2D eigenvalue weighted by atomic mass is 9.82. The molecule has 1 aliphatic carbocycles. The van der Waals surface area contributed by atoms with Crippen LogP contribution in [0.15, 0.2) is 35.1 Å². The van der Waals surface area contributed by atoms with Gasteiger partial charge in [-0.3, -0.25) is 19.6 Å². The van der Waals surface area contributed by atoms with Gasteiger partial charge >= 0.3 is 0 Å². The zero-order chi connectivity index (χ0) is 33.8. The third-order valence-corrected chi connectivity index (χ3v) is 10.4. The molecule has 2 aliphatic heterocycles. The molecule has 3 aromatic rings. The number of allylic oxidation sites excluding steroid dienone is 1. The Morgan fingerprint density at radius 3 is 2.25 bits per heavy atom. The van der Waals surface area contributed by atoms with Gasteiger partial charge in [-0.25, -0.2) is 17.6 Å². The summed E-state index contributed by atoms with van der Waals surface area (Å²) in [6.07, 6.45) is 6.63. The largest absolute Gasteiger partial charge is 0.368 e. The number of nitrogens with one attached hydrogen (secondary N) is 2. The highest BCUT2D eigenvalue weighted by Gasteiger charge is 2.44. The van der Waals surface area contributed by atoms with Gasteiger partial charge in [0, 0.05) is 37.2 Å². The Morgan fingerprint density at radius 2 is 1.69 bits per heavy atom. The minimum Gasteiger partial charge on any atom is -0.368 e. The van der Waals surface area contributed by atoms with Crippen LogP contribution in [0, 0.1) is 0 Å². The normalized spacial score (nSPS) is 21.8. The van der Waals surface area contributed by atoms with Crippen LogP contribution in [0.25, 0.3) is 0 Å². The first kappa shape index (κ1) is 33.8. The van der Waals surface area contributed by atoms with Crippen molar-refractivity contribution >= 4 is 56.7 Å². The van der Waals surface area contributed by atoms with Crippen molar-refractivity contribution in [2.75, 3.05) is 42.2 Å². The molecule has 1 saturated carbocycles. The molecular weight excluding hydrogens is 673 g/mol. The number of dihydropyridines is 1. The predicted molar refractivity (Wildman–Crippen MR) is 174 cm³/mol. The molecule has 18 heteroatoms. The number of carbonyl (C=O) groups is 2. The third-order valence-electron chi connectivity index (χ3n) is 8.40. The van der Waals surface area contributed by atoms with Crippen molar-refractivity contribution < 1.29 is 27.2 Å². The molecule has 0 aromatic carbocycles. The Kier molecular flexibility index (Phi) is 10.3. The topological polar surface area (TPSA) is 141 Å². The predicted octanol–water partition coefficient (Wildman–Crippen LogP) is 5.12. The summed E-state index contributed by atoms with van der Waals surface area (Å²) in [4.78, 5) is 36.9. The molecule has 0 bridgehead atoms. The smallest absolute Gasteiger partial charge is 0.282 e. The summed E-state index contributed by atoms with van der Waals surface area (Å²) < 4.78 is 51.6. The third kappa shape index (κ3) is 8.69. The Bertz CT molecular complexity index is 1660. The van der Waals surface area contributed by atoms with Gasteiger partial charge in [-0.1, -0.05) is 35.2 Å². The summed E-state index contributed by atoms with van der Waals surface area (Å²) in [7, 11) is 1.58. The maximum Gasteiger partial charge on any atom is 0.282 e. The van der Waals surface area contributed by atoms with Crippen molar-refractivity contribution in [3.8, 4) is 0 Å². The zero-order valence-electron chi connectivity index (χ0n) is 26.0. The van der Waals surface area contributed by atoms with Gasteiger partial charge in [-0.05, 0) is 37.8 Å². The van der Waals surface area contributed by atoms with Crippen LogP contribution >= 0.6 is 22.7 Å². The molecule has 3 aromatic heterocycles. The molecule has 1 saturated heterocycles. The monoisotopic (exact) mass is 706 g/mol. The maximum atomic E-state index is 13.1. The van der Waals surface area contributed by atoms with Crippen molar-refractivity contribution in [3.05, 3.63) is 45.8 Å². The number of pyridine rings is 1. The fourth-order valence-electron chi connectivity index (χ4n) is 5.91. The molecule has 5 heterocycles. The number of anilines is 3. The summed E-state index contributed by atoms with van der Waals surface area (Å²) in [5, 5.41) is 25.1. The van der Waals surface area contributed by atoms with E-state index in [2.05, 4.69) is 41.0 Å². The van der Waals surface area contributed by atoms with Crippen LogP contribution in [0.1, 0.15) is 66.1 Å². The van der Waals surface area contributed by atoms with Crippen LogP contribution in [-0.4, -0.2) is 93.4 Å². The number of carbonyl (C=O) groups excluding carboxylic acids is 2. The number of aromatic nitrogens is 5. The highest BCUT2D eigenvalue weighted by Crippen LogP contribution is 2.43. The fraction of sp³-hybridized carbons (Fsp3) is 0.533. The fourth-order valence-corrected chi connectivity index (χ4v) is 7.72. The van der Waals surface area contributed by atoms with E-state index in [1.165, 1.54) is 44.9 Å². The Morgan fingerprint density at radius 1 is 1.02 bits per heavy atom. The van der Waals surface area contributed by atoms with Crippen LogP contribution in [-0.2, 0) is 16.0 Å². The second-order valence-electron chi connectivity index (χ2n) is 12.2. The van der Waals surface area contributed by atoms with Gasteiger partial charge in [0.25, 0.3) is 12.3 Å². The van der Waals surface area contributed by atoms with Gasteiger partial charge in [-0.15, -0.1) is 20.4 Å². The molecule has 6 rings (SSSR count). The molecular formula is C30H34F4N10O2S2. The minimum atomic E-state index is -2.67. The molecule has 2 N–H and O–H groups in total. The van der Waals surface area contributed by atoms with Gasteiger partial charge in [-0.2, -0.15) is 0 Å². The van der Waals surface area contributed by atoms with Crippen LogP contribution < -0.4 is 15.5 Å². The van der Waals surface area contributed by atoms with Crippen LogP contribution in [0.3, 0.4) is 0 Å². The van der Waals surface area contributed by atoms with Crippen molar-refractivity contribution in [1.82, 2.24) is 30.3 Å². The minimum absolute atomic E-state index is 0.0137. The van der Waals surface area contributed by atoms with E-state index in [9.17, 15) is 27.2 Å². The molecule has 0 spiro atoms. The summed E-state index contributed by atoms with van der Waals surface area (Å²) in [5.41, 5.74) is 1.72. The van der Waals surface area contributed by atoms with Crippen molar-refractivity contribution in [2.45, 2.75) is 75.2 Å². The number of halogens is 4. The van der Waals surface area contributed by atoms with Gasteiger partial charge in [0.1, 0.15) is 10.0 Å². The lowest BCUT2D eigenvalue weighted by molar-refractivity contribution is -0.117. The summed E-state index contributed by atoms with van der Waals surface area (Å²) in [5.74, 6) is -2.93. The Labute approximate surface area is 281 Å². The van der Waals surface area contributed by atoms with E-state index in [0.717, 1.165) is 35.7 Å². The van der Waals surface area contributed by atoms with Crippen LogP contribution in [0.5, 0.6) is 0 Å². The second kappa shape index (κ2) is 14.6. The first-order chi connectivity index (χ1) is 23.0. The van der Waals surface area contributed by atoms with Crippen LogP contribution in [0.2, 0.25) is 0 Å². The number of aliphatic imine (C=N–C) groups is 1.